The Bertz CT molecular complexity index is 637. The molecule has 0 aliphatic heterocycles. The van der Waals surface area contributed by atoms with Gasteiger partial charge in [-0.1, -0.05) is 12.1 Å². The van der Waals surface area contributed by atoms with E-state index in [0.717, 1.165) is 28.8 Å². The Kier molecular flexibility index (Phi) is 5.39. The Hall–Kier alpha value is -1.75. The summed E-state index contributed by atoms with van der Waals surface area (Å²) in [5, 5.41) is 0. The number of ether oxygens (including phenoxy) is 1. The zero-order valence-electron chi connectivity index (χ0n) is 12.9. The number of hydrogen-bond acceptors (Lipinski definition) is 3. The van der Waals surface area contributed by atoms with E-state index in [4.69, 9.17) is 9.15 Å². The first-order valence-corrected chi connectivity index (χ1v) is 8.72. The highest BCUT2D eigenvalue weighted by Gasteiger charge is 2.32. The number of amides is 1. The quantitative estimate of drug-likeness (QED) is 0.640. The normalized spacial score (nSPS) is 13.8. The lowest BCUT2D eigenvalue weighted by Gasteiger charge is -2.21. The molecule has 1 aliphatic carbocycles. The first kappa shape index (κ1) is 16.1. The standard InChI is InChI=1S/C18H20BrNO3/c19-16-6-1-2-7-17(16)23-12-4-8-18(21)20(14-9-10-14)13-15-5-3-11-22-15/h1-3,5-7,11,14H,4,8-10,12-13H2. The Labute approximate surface area is 144 Å². The largest absolute Gasteiger partial charge is 0.492 e. The molecule has 23 heavy (non-hydrogen) atoms. The highest BCUT2D eigenvalue weighted by atomic mass is 79.9. The van der Waals surface area contributed by atoms with Crippen LogP contribution in [0.5, 0.6) is 5.75 Å². The number of halogens is 1. The molecule has 1 aromatic carbocycles. The third-order valence-electron chi connectivity index (χ3n) is 3.84. The van der Waals surface area contributed by atoms with Gasteiger partial charge in [0.1, 0.15) is 11.5 Å². The molecule has 2 aromatic rings. The van der Waals surface area contributed by atoms with Crippen molar-refractivity contribution < 1.29 is 13.9 Å². The van der Waals surface area contributed by atoms with Gasteiger partial charge in [-0.05, 0) is 59.5 Å². The molecule has 1 amide bonds. The molecule has 0 radical (unpaired) electrons. The van der Waals surface area contributed by atoms with Crippen molar-refractivity contribution in [3.05, 3.63) is 52.9 Å². The second kappa shape index (κ2) is 7.68. The summed E-state index contributed by atoms with van der Waals surface area (Å²) in [7, 11) is 0. The molecule has 1 saturated carbocycles. The maximum Gasteiger partial charge on any atom is 0.223 e. The predicted octanol–water partition coefficient (Wildman–Crippen LogP) is 4.39. The lowest BCUT2D eigenvalue weighted by Crippen LogP contribution is -2.32. The molecule has 1 aromatic heterocycles. The summed E-state index contributed by atoms with van der Waals surface area (Å²) in [5.41, 5.74) is 0. The van der Waals surface area contributed by atoms with Crippen LogP contribution in [0.15, 0.2) is 51.6 Å². The van der Waals surface area contributed by atoms with E-state index in [1.165, 1.54) is 0 Å². The molecule has 122 valence electrons. The molecule has 4 nitrogen and oxygen atoms in total. The van der Waals surface area contributed by atoms with E-state index < -0.39 is 0 Å². The van der Waals surface area contributed by atoms with Gasteiger partial charge in [-0.25, -0.2) is 0 Å². The number of para-hydroxylation sites is 1. The van der Waals surface area contributed by atoms with E-state index >= 15 is 0 Å². The van der Waals surface area contributed by atoms with Crippen molar-refractivity contribution in [2.24, 2.45) is 0 Å². The minimum Gasteiger partial charge on any atom is -0.492 e. The molecule has 1 fully saturated rings. The lowest BCUT2D eigenvalue weighted by atomic mass is 10.2. The summed E-state index contributed by atoms with van der Waals surface area (Å²) in [5.74, 6) is 1.84. The number of carbonyl (C=O) groups excluding carboxylic acids is 1. The van der Waals surface area contributed by atoms with Crippen LogP contribution >= 0.6 is 15.9 Å². The van der Waals surface area contributed by atoms with Gasteiger partial charge in [0, 0.05) is 12.5 Å². The van der Waals surface area contributed by atoms with Gasteiger partial charge in [0.15, 0.2) is 0 Å². The fourth-order valence-corrected chi connectivity index (χ4v) is 2.89. The SMILES string of the molecule is O=C(CCCOc1ccccc1Br)N(Cc1ccco1)C1CC1. The Morgan fingerprint density at radius 2 is 2.09 bits per heavy atom. The van der Waals surface area contributed by atoms with Crippen LogP contribution in [0.3, 0.4) is 0 Å². The number of hydrogen-bond donors (Lipinski definition) is 0. The van der Waals surface area contributed by atoms with Gasteiger partial charge in [-0.3, -0.25) is 4.79 Å². The van der Waals surface area contributed by atoms with Crippen molar-refractivity contribution in [3.63, 3.8) is 0 Å². The highest BCUT2D eigenvalue weighted by Crippen LogP contribution is 2.29. The molecule has 0 atom stereocenters. The van der Waals surface area contributed by atoms with Crippen LogP contribution in [0.2, 0.25) is 0 Å². The average molecular weight is 378 g/mol. The Balaban J connectivity index is 1.45. The number of carbonyl (C=O) groups is 1. The minimum atomic E-state index is 0.180. The molecule has 5 heteroatoms. The third kappa shape index (κ3) is 4.61. The molecule has 3 rings (SSSR count). The smallest absolute Gasteiger partial charge is 0.223 e. The summed E-state index contributed by atoms with van der Waals surface area (Å²) in [6.45, 7) is 1.11. The summed E-state index contributed by atoms with van der Waals surface area (Å²) < 4.78 is 12.0. The van der Waals surface area contributed by atoms with Crippen LogP contribution in [0.4, 0.5) is 0 Å². The zero-order valence-corrected chi connectivity index (χ0v) is 14.5. The van der Waals surface area contributed by atoms with Crippen molar-refractivity contribution in [2.45, 2.75) is 38.3 Å². The number of rotatable bonds is 8. The Morgan fingerprint density at radius 3 is 2.78 bits per heavy atom. The van der Waals surface area contributed by atoms with Crippen LogP contribution in [0, 0.1) is 0 Å². The van der Waals surface area contributed by atoms with E-state index in [9.17, 15) is 4.79 Å². The van der Waals surface area contributed by atoms with E-state index in [0.29, 0.717) is 32.0 Å². The third-order valence-corrected chi connectivity index (χ3v) is 4.50. The van der Waals surface area contributed by atoms with E-state index in [2.05, 4.69) is 15.9 Å². The topological polar surface area (TPSA) is 42.7 Å². The molecule has 0 unspecified atom stereocenters. The summed E-state index contributed by atoms with van der Waals surface area (Å²) in [6, 6.07) is 11.9. The van der Waals surface area contributed by atoms with Gasteiger partial charge in [0.2, 0.25) is 5.91 Å². The maximum absolute atomic E-state index is 12.4. The summed E-state index contributed by atoms with van der Waals surface area (Å²) >= 11 is 3.45. The van der Waals surface area contributed by atoms with Crippen LogP contribution in [-0.2, 0) is 11.3 Å². The van der Waals surface area contributed by atoms with Crippen LogP contribution in [0.1, 0.15) is 31.4 Å². The molecule has 1 aliphatic rings. The minimum absolute atomic E-state index is 0.180. The molecular weight excluding hydrogens is 358 g/mol. The van der Waals surface area contributed by atoms with Crippen molar-refractivity contribution in [3.8, 4) is 5.75 Å². The number of nitrogens with zero attached hydrogens (tertiary/aromatic N) is 1. The molecule has 0 saturated heterocycles. The summed E-state index contributed by atoms with van der Waals surface area (Å²) in [4.78, 5) is 14.4. The van der Waals surface area contributed by atoms with Gasteiger partial charge < -0.3 is 14.1 Å². The van der Waals surface area contributed by atoms with E-state index in [1.54, 1.807) is 6.26 Å². The first-order chi connectivity index (χ1) is 11.2. The van der Waals surface area contributed by atoms with Gasteiger partial charge in [-0.15, -0.1) is 0 Å². The van der Waals surface area contributed by atoms with Crippen molar-refractivity contribution in [2.75, 3.05) is 6.61 Å². The average Bonchev–Trinajstić information content (AvgIpc) is 3.26. The van der Waals surface area contributed by atoms with Crippen LogP contribution in [-0.4, -0.2) is 23.5 Å². The van der Waals surface area contributed by atoms with Crippen molar-refractivity contribution >= 4 is 21.8 Å². The van der Waals surface area contributed by atoms with Gasteiger partial charge >= 0.3 is 0 Å². The fourth-order valence-electron chi connectivity index (χ4n) is 2.49. The molecule has 1 heterocycles. The van der Waals surface area contributed by atoms with E-state index in [1.807, 2.05) is 41.3 Å². The van der Waals surface area contributed by atoms with Crippen LogP contribution in [0.25, 0.3) is 0 Å². The zero-order chi connectivity index (χ0) is 16.1. The second-order valence-corrected chi connectivity index (χ2v) is 6.57. The van der Waals surface area contributed by atoms with Crippen molar-refractivity contribution in [1.29, 1.82) is 0 Å². The molecular formula is C18H20BrNO3. The summed E-state index contributed by atoms with van der Waals surface area (Å²) in [6.07, 6.45) is 5.06. The second-order valence-electron chi connectivity index (χ2n) is 5.71. The molecule has 0 bridgehead atoms. The maximum atomic E-state index is 12.4. The first-order valence-electron chi connectivity index (χ1n) is 7.93. The lowest BCUT2D eigenvalue weighted by molar-refractivity contribution is -0.132. The molecule has 0 N–H and O–H groups in total. The van der Waals surface area contributed by atoms with Gasteiger partial charge in [0.05, 0.1) is 23.9 Å². The number of benzene rings is 1. The Morgan fingerprint density at radius 1 is 1.26 bits per heavy atom. The van der Waals surface area contributed by atoms with Gasteiger partial charge in [-0.2, -0.15) is 0 Å². The van der Waals surface area contributed by atoms with Gasteiger partial charge in [0.25, 0.3) is 0 Å². The fraction of sp³-hybridized carbons (Fsp3) is 0.389. The number of furan rings is 1. The van der Waals surface area contributed by atoms with Crippen molar-refractivity contribution in [1.82, 2.24) is 4.90 Å². The monoisotopic (exact) mass is 377 g/mol. The van der Waals surface area contributed by atoms with E-state index in [-0.39, 0.29) is 5.91 Å². The molecule has 0 spiro atoms. The predicted molar refractivity (Wildman–Crippen MR) is 91.2 cm³/mol. The highest BCUT2D eigenvalue weighted by molar-refractivity contribution is 9.10. The van der Waals surface area contributed by atoms with Crippen LogP contribution < -0.4 is 4.74 Å².